The Balaban J connectivity index is 1.57. The van der Waals surface area contributed by atoms with Crippen molar-refractivity contribution in [2.45, 2.75) is 10.1 Å². The van der Waals surface area contributed by atoms with Gasteiger partial charge >= 0.3 is 0 Å². The van der Waals surface area contributed by atoms with Gasteiger partial charge in [0.15, 0.2) is 5.16 Å². The number of aromatic nitrogens is 5. The SMILES string of the molecule is O=C(CCl)Nc1ccc(Sc2nc(Nc3ccn[nH]3)n3cccc3n2)cc1. The van der Waals surface area contributed by atoms with Gasteiger partial charge in [-0.2, -0.15) is 10.1 Å². The van der Waals surface area contributed by atoms with Gasteiger partial charge in [0.1, 0.15) is 17.3 Å². The first-order chi connectivity index (χ1) is 13.2. The molecule has 3 aromatic heterocycles. The fourth-order valence-electron chi connectivity index (χ4n) is 2.40. The molecule has 0 spiro atoms. The number of alkyl halides is 1. The first-order valence-electron chi connectivity index (χ1n) is 7.96. The Kier molecular flexibility index (Phi) is 4.95. The zero-order valence-corrected chi connectivity index (χ0v) is 15.5. The van der Waals surface area contributed by atoms with Crippen LogP contribution in [0.15, 0.2) is 64.9 Å². The number of hydrogen-bond donors (Lipinski definition) is 3. The molecule has 0 aliphatic heterocycles. The summed E-state index contributed by atoms with van der Waals surface area (Å²) in [5.74, 6) is 1.05. The maximum absolute atomic E-state index is 11.3. The second kappa shape index (κ2) is 7.68. The van der Waals surface area contributed by atoms with E-state index in [4.69, 9.17) is 11.6 Å². The van der Waals surface area contributed by atoms with Crippen molar-refractivity contribution in [1.82, 2.24) is 24.6 Å². The standard InChI is InChI=1S/C17H14ClN7OS/c18-10-15(26)20-11-3-5-12(6-4-11)27-17-22-14-2-1-9-25(14)16(23-17)21-13-7-8-19-24-13/h1-9H,10H2,(H,20,26)(H2,19,21,22,23,24). The third kappa shape index (κ3) is 4.04. The summed E-state index contributed by atoms with van der Waals surface area (Å²) < 4.78 is 1.86. The van der Waals surface area contributed by atoms with Crippen molar-refractivity contribution in [1.29, 1.82) is 0 Å². The van der Waals surface area contributed by atoms with E-state index in [1.807, 2.05) is 53.1 Å². The third-order valence-corrected chi connectivity index (χ3v) is 4.70. The lowest BCUT2D eigenvalue weighted by molar-refractivity contribution is -0.113. The molecule has 0 saturated carbocycles. The van der Waals surface area contributed by atoms with Crippen LogP contribution in [0.1, 0.15) is 0 Å². The summed E-state index contributed by atoms with van der Waals surface area (Å²) in [6.45, 7) is 0. The maximum atomic E-state index is 11.3. The first-order valence-corrected chi connectivity index (χ1v) is 9.31. The number of amides is 1. The average Bonchev–Trinajstić information content (AvgIpc) is 3.35. The number of nitrogens with zero attached hydrogens (tertiary/aromatic N) is 4. The Bertz CT molecular complexity index is 1060. The number of rotatable bonds is 6. The van der Waals surface area contributed by atoms with Crippen LogP contribution in [-0.4, -0.2) is 36.4 Å². The van der Waals surface area contributed by atoms with Gasteiger partial charge in [-0.1, -0.05) is 0 Å². The van der Waals surface area contributed by atoms with E-state index in [1.165, 1.54) is 11.8 Å². The molecule has 136 valence electrons. The number of halogens is 1. The molecule has 8 nitrogen and oxygen atoms in total. The molecule has 0 saturated heterocycles. The second-order valence-corrected chi connectivity index (χ2v) is 6.78. The molecule has 0 radical (unpaired) electrons. The quantitative estimate of drug-likeness (QED) is 0.429. The lowest BCUT2D eigenvalue weighted by Crippen LogP contribution is -2.12. The van der Waals surface area contributed by atoms with Crippen LogP contribution < -0.4 is 10.6 Å². The zero-order chi connectivity index (χ0) is 18.6. The number of anilines is 3. The van der Waals surface area contributed by atoms with Gasteiger partial charge in [-0.05, 0) is 48.2 Å². The van der Waals surface area contributed by atoms with Crippen LogP contribution in [-0.2, 0) is 4.79 Å². The largest absolute Gasteiger partial charge is 0.325 e. The van der Waals surface area contributed by atoms with Crippen LogP contribution >= 0.6 is 23.4 Å². The Morgan fingerprint density at radius 3 is 2.78 bits per heavy atom. The minimum Gasteiger partial charge on any atom is -0.325 e. The number of hydrogen-bond acceptors (Lipinski definition) is 6. The van der Waals surface area contributed by atoms with E-state index < -0.39 is 0 Å². The highest BCUT2D eigenvalue weighted by atomic mass is 35.5. The third-order valence-electron chi connectivity index (χ3n) is 3.58. The Hall–Kier alpha value is -3.04. The lowest BCUT2D eigenvalue weighted by Gasteiger charge is -2.09. The lowest BCUT2D eigenvalue weighted by atomic mass is 10.3. The molecule has 1 aromatic carbocycles. The van der Waals surface area contributed by atoms with Gasteiger partial charge in [-0.15, -0.1) is 11.6 Å². The van der Waals surface area contributed by atoms with Crippen LogP contribution in [0.3, 0.4) is 0 Å². The molecule has 3 heterocycles. The summed E-state index contributed by atoms with van der Waals surface area (Å²) in [5, 5.41) is 13.3. The van der Waals surface area contributed by atoms with E-state index in [2.05, 4.69) is 30.8 Å². The number of carbonyl (C=O) groups is 1. The number of carbonyl (C=O) groups excluding carboxylic acids is 1. The number of benzene rings is 1. The molecular formula is C17H14ClN7OS. The molecule has 10 heteroatoms. The fourth-order valence-corrected chi connectivity index (χ4v) is 3.22. The molecule has 0 aliphatic rings. The van der Waals surface area contributed by atoms with E-state index in [-0.39, 0.29) is 11.8 Å². The van der Waals surface area contributed by atoms with Gasteiger partial charge in [0.05, 0.1) is 6.20 Å². The summed E-state index contributed by atoms with van der Waals surface area (Å²) in [6.07, 6.45) is 3.55. The number of nitrogens with one attached hydrogen (secondary N) is 3. The minimum absolute atomic E-state index is 0.0756. The van der Waals surface area contributed by atoms with E-state index in [1.54, 1.807) is 6.20 Å². The number of fused-ring (bicyclic) bond motifs is 1. The van der Waals surface area contributed by atoms with Crippen LogP contribution in [0.2, 0.25) is 0 Å². The fraction of sp³-hybridized carbons (Fsp3) is 0.0588. The van der Waals surface area contributed by atoms with Crippen molar-refractivity contribution < 1.29 is 4.79 Å². The highest BCUT2D eigenvalue weighted by molar-refractivity contribution is 7.99. The predicted molar refractivity (Wildman–Crippen MR) is 105 cm³/mol. The molecule has 4 rings (SSSR count). The smallest absolute Gasteiger partial charge is 0.239 e. The van der Waals surface area contributed by atoms with Crippen LogP contribution in [0.5, 0.6) is 0 Å². The molecule has 3 N–H and O–H groups in total. The van der Waals surface area contributed by atoms with Gasteiger partial charge in [0.25, 0.3) is 0 Å². The summed E-state index contributed by atoms with van der Waals surface area (Å²) in [6, 6.07) is 13.0. The van der Waals surface area contributed by atoms with Gasteiger partial charge in [0, 0.05) is 22.8 Å². The van der Waals surface area contributed by atoms with Crippen LogP contribution in [0.4, 0.5) is 17.5 Å². The van der Waals surface area contributed by atoms with Gasteiger partial charge in [0.2, 0.25) is 11.9 Å². The molecule has 0 atom stereocenters. The first kappa shape index (κ1) is 17.4. The summed E-state index contributed by atoms with van der Waals surface area (Å²) in [5.41, 5.74) is 1.47. The molecule has 0 bridgehead atoms. The van der Waals surface area contributed by atoms with E-state index >= 15 is 0 Å². The van der Waals surface area contributed by atoms with Crippen molar-refractivity contribution in [3.8, 4) is 0 Å². The van der Waals surface area contributed by atoms with Crippen molar-refractivity contribution in [3.63, 3.8) is 0 Å². The molecule has 27 heavy (non-hydrogen) atoms. The maximum Gasteiger partial charge on any atom is 0.239 e. The van der Waals surface area contributed by atoms with Crippen molar-refractivity contribution in [3.05, 3.63) is 54.9 Å². The minimum atomic E-state index is -0.242. The monoisotopic (exact) mass is 399 g/mol. The van der Waals surface area contributed by atoms with Crippen molar-refractivity contribution >= 4 is 52.4 Å². The van der Waals surface area contributed by atoms with Crippen LogP contribution in [0.25, 0.3) is 5.65 Å². The molecule has 0 aliphatic carbocycles. The summed E-state index contributed by atoms with van der Waals surface area (Å²) in [4.78, 5) is 21.4. The molecule has 0 unspecified atom stereocenters. The second-order valence-electron chi connectivity index (χ2n) is 5.47. The normalized spacial score (nSPS) is 10.9. The Morgan fingerprint density at radius 2 is 2.04 bits per heavy atom. The molecule has 1 amide bonds. The van der Waals surface area contributed by atoms with E-state index in [0.717, 1.165) is 16.4 Å². The Labute approximate surface area is 163 Å². The molecular weight excluding hydrogens is 386 g/mol. The molecule has 4 aromatic rings. The van der Waals surface area contributed by atoms with Gasteiger partial charge < -0.3 is 10.6 Å². The number of aromatic amines is 1. The topological polar surface area (TPSA) is 100 Å². The van der Waals surface area contributed by atoms with E-state index in [0.29, 0.717) is 16.8 Å². The predicted octanol–water partition coefficient (Wildman–Crippen LogP) is 3.52. The van der Waals surface area contributed by atoms with Crippen molar-refractivity contribution in [2.75, 3.05) is 16.5 Å². The number of H-pyrrole nitrogens is 1. The summed E-state index contributed by atoms with van der Waals surface area (Å²) >= 11 is 6.92. The highest BCUT2D eigenvalue weighted by Gasteiger charge is 2.10. The van der Waals surface area contributed by atoms with Crippen molar-refractivity contribution in [2.24, 2.45) is 0 Å². The highest BCUT2D eigenvalue weighted by Crippen LogP contribution is 2.28. The Morgan fingerprint density at radius 1 is 1.19 bits per heavy atom. The van der Waals surface area contributed by atoms with Gasteiger partial charge in [-0.25, -0.2) is 4.98 Å². The average molecular weight is 400 g/mol. The zero-order valence-electron chi connectivity index (χ0n) is 13.9. The molecule has 0 fully saturated rings. The summed E-state index contributed by atoms with van der Waals surface area (Å²) in [7, 11) is 0. The van der Waals surface area contributed by atoms with E-state index in [9.17, 15) is 4.79 Å². The van der Waals surface area contributed by atoms with Crippen LogP contribution in [0, 0.1) is 0 Å². The van der Waals surface area contributed by atoms with Gasteiger partial charge in [-0.3, -0.25) is 14.3 Å².